The molecular formula is C15H15ClFN3O. The number of rotatable bonds is 4. The van der Waals surface area contributed by atoms with Gasteiger partial charge in [-0.25, -0.2) is 14.4 Å². The van der Waals surface area contributed by atoms with Gasteiger partial charge in [-0.3, -0.25) is 0 Å². The number of fused-ring (bicyclic) bond motifs is 1. The van der Waals surface area contributed by atoms with Crippen molar-refractivity contribution in [2.24, 2.45) is 0 Å². The van der Waals surface area contributed by atoms with Crippen molar-refractivity contribution in [3.63, 3.8) is 0 Å². The van der Waals surface area contributed by atoms with Gasteiger partial charge in [-0.1, -0.05) is 6.07 Å². The first-order valence-electron chi connectivity index (χ1n) is 6.72. The molecule has 2 heterocycles. The maximum absolute atomic E-state index is 13.9. The second-order valence-electron chi connectivity index (χ2n) is 4.91. The molecule has 0 N–H and O–H groups in total. The van der Waals surface area contributed by atoms with Crippen LogP contribution in [0.25, 0.3) is 11.0 Å². The molecule has 110 valence electrons. The Kier molecular flexibility index (Phi) is 3.68. The van der Waals surface area contributed by atoms with Crippen LogP contribution in [-0.4, -0.2) is 20.4 Å². The zero-order chi connectivity index (χ0) is 15.0. The lowest BCUT2D eigenvalue weighted by Gasteiger charge is -2.05. The standard InChI is InChI=1S/C15H15ClFN3O/c1-9-10(2)21-14(18-9)8-20-12-5-3-4-11(17)15(12)19-13(20)6-7-16/h3-5H,6-8H2,1-2H3. The van der Waals surface area contributed by atoms with Crippen molar-refractivity contribution in [1.29, 1.82) is 0 Å². The van der Waals surface area contributed by atoms with Crippen molar-refractivity contribution < 1.29 is 8.81 Å². The lowest BCUT2D eigenvalue weighted by molar-refractivity contribution is 0.456. The minimum absolute atomic E-state index is 0.332. The number of aryl methyl sites for hydroxylation is 3. The lowest BCUT2D eigenvalue weighted by atomic mass is 10.3. The van der Waals surface area contributed by atoms with Crippen molar-refractivity contribution in [2.45, 2.75) is 26.8 Å². The number of aromatic nitrogens is 3. The van der Waals surface area contributed by atoms with Gasteiger partial charge < -0.3 is 8.98 Å². The summed E-state index contributed by atoms with van der Waals surface area (Å²) in [5.41, 5.74) is 1.95. The predicted molar refractivity (Wildman–Crippen MR) is 79.2 cm³/mol. The van der Waals surface area contributed by atoms with Crippen molar-refractivity contribution >= 4 is 22.6 Å². The number of imidazole rings is 1. The van der Waals surface area contributed by atoms with E-state index in [4.69, 9.17) is 16.0 Å². The Labute approximate surface area is 126 Å². The van der Waals surface area contributed by atoms with Gasteiger partial charge in [0.05, 0.1) is 11.2 Å². The molecule has 0 saturated carbocycles. The molecule has 4 nitrogen and oxygen atoms in total. The SMILES string of the molecule is Cc1nc(Cn2c(CCCl)nc3c(F)cccc32)oc1C. The van der Waals surface area contributed by atoms with Crippen molar-refractivity contribution in [1.82, 2.24) is 14.5 Å². The van der Waals surface area contributed by atoms with Crippen molar-refractivity contribution in [3.05, 3.63) is 47.2 Å². The molecule has 0 spiro atoms. The fourth-order valence-corrected chi connectivity index (χ4v) is 2.52. The number of nitrogens with zero attached hydrogens (tertiary/aromatic N) is 3. The Balaban J connectivity index is 2.10. The number of oxazole rings is 1. The first-order valence-corrected chi connectivity index (χ1v) is 7.26. The van der Waals surface area contributed by atoms with E-state index in [0.717, 1.165) is 22.8 Å². The zero-order valence-corrected chi connectivity index (χ0v) is 12.6. The minimum Gasteiger partial charge on any atom is -0.444 e. The Bertz CT molecular complexity index is 774. The summed E-state index contributed by atoms with van der Waals surface area (Å²) in [5, 5.41) is 0. The summed E-state index contributed by atoms with van der Waals surface area (Å²) in [6, 6.07) is 4.92. The van der Waals surface area contributed by atoms with Crippen LogP contribution in [0.1, 0.15) is 23.2 Å². The van der Waals surface area contributed by atoms with Gasteiger partial charge in [0, 0.05) is 12.3 Å². The van der Waals surface area contributed by atoms with E-state index in [0.29, 0.717) is 30.3 Å². The molecule has 0 unspecified atom stereocenters. The quantitative estimate of drug-likeness (QED) is 0.692. The molecule has 1 aromatic carbocycles. The van der Waals surface area contributed by atoms with Gasteiger partial charge >= 0.3 is 0 Å². The van der Waals surface area contributed by atoms with Crippen LogP contribution < -0.4 is 0 Å². The summed E-state index contributed by atoms with van der Waals surface area (Å²) in [6.07, 6.45) is 0.564. The summed E-state index contributed by atoms with van der Waals surface area (Å²) < 4.78 is 21.4. The molecule has 0 fully saturated rings. The van der Waals surface area contributed by atoms with Gasteiger partial charge in [-0.2, -0.15) is 0 Å². The highest BCUT2D eigenvalue weighted by molar-refractivity contribution is 6.17. The fraction of sp³-hybridized carbons (Fsp3) is 0.333. The van der Waals surface area contributed by atoms with E-state index in [1.54, 1.807) is 6.07 Å². The highest BCUT2D eigenvalue weighted by atomic mass is 35.5. The molecule has 0 aliphatic heterocycles. The molecule has 0 radical (unpaired) electrons. The van der Waals surface area contributed by atoms with Gasteiger partial charge in [0.1, 0.15) is 23.6 Å². The van der Waals surface area contributed by atoms with E-state index >= 15 is 0 Å². The van der Waals surface area contributed by atoms with Crippen LogP contribution >= 0.6 is 11.6 Å². The molecule has 3 aromatic rings. The third kappa shape index (κ3) is 2.53. The highest BCUT2D eigenvalue weighted by Crippen LogP contribution is 2.21. The minimum atomic E-state index is -0.332. The number of hydrogen-bond acceptors (Lipinski definition) is 3. The van der Waals surface area contributed by atoms with E-state index in [9.17, 15) is 4.39 Å². The summed E-state index contributed by atoms with van der Waals surface area (Å²) in [5.74, 6) is 2.21. The Morgan fingerprint density at radius 2 is 2.10 bits per heavy atom. The molecule has 2 aromatic heterocycles. The predicted octanol–water partition coefficient (Wildman–Crippen LogP) is 3.61. The monoisotopic (exact) mass is 307 g/mol. The molecule has 6 heteroatoms. The third-order valence-corrected chi connectivity index (χ3v) is 3.68. The van der Waals surface area contributed by atoms with E-state index in [2.05, 4.69) is 9.97 Å². The lowest BCUT2D eigenvalue weighted by Crippen LogP contribution is -2.06. The second-order valence-corrected chi connectivity index (χ2v) is 5.29. The Morgan fingerprint density at radius 1 is 1.29 bits per heavy atom. The Morgan fingerprint density at radius 3 is 2.76 bits per heavy atom. The molecule has 0 bridgehead atoms. The number of benzene rings is 1. The van der Waals surface area contributed by atoms with Gasteiger partial charge in [0.2, 0.25) is 5.89 Å². The molecule has 0 aliphatic rings. The largest absolute Gasteiger partial charge is 0.444 e. The van der Waals surface area contributed by atoms with Gasteiger partial charge in [-0.15, -0.1) is 11.6 Å². The van der Waals surface area contributed by atoms with Gasteiger partial charge in [0.25, 0.3) is 0 Å². The third-order valence-electron chi connectivity index (χ3n) is 3.49. The van der Waals surface area contributed by atoms with Crippen LogP contribution in [0.5, 0.6) is 0 Å². The first-order chi connectivity index (χ1) is 10.1. The van der Waals surface area contributed by atoms with E-state index in [1.165, 1.54) is 6.07 Å². The maximum atomic E-state index is 13.9. The van der Waals surface area contributed by atoms with E-state index in [-0.39, 0.29) is 5.82 Å². The van der Waals surface area contributed by atoms with Crippen LogP contribution in [0, 0.1) is 19.7 Å². The first kappa shape index (κ1) is 14.1. The topological polar surface area (TPSA) is 43.9 Å². The molecule has 3 rings (SSSR count). The normalized spacial score (nSPS) is 11.4. The number of hydrogen-bond donors (Lipinski definition) is 0. The molecule has 0 amide bonds. The molecular weight excluding hydrogens is 293 g/mol. The van der Waals surface area contributed by atoms with Gasteiger partial charge in [-0.05, 0) is 26.0 Å². The smallest absolute Gasteiger partial charge is 0.214 e. The highest BCUT2D eigenvalue weighted by Gasteiger charge is 2.16. The van der Waals surface area contributed by atoms with Crippen molar-refractivity contribution in [3.8, 4) is 0 Å². The van der Waals surface area contributed by atoms with Crippen molar-refractivity contribution in [2.75, 3.05) is 5.88 Å². The molecule has 0 atom stereocenters. The van der Waals surface area contributed by atoms with Crippen LogP contribution in [0.15, 0.2) is 22.6 Å². The average molecular weight is 308 g/mol. The van der Waals surface area contributed by atoms with Crippen LogP contribution in [0.3, 0.4) is 0 Å². The zero-order valence-electron chi connectivity index (χ0n) is 11.9. The Hall–Kier alpha value is -1.88. The van der Waals surface area contributed by atoms with E-state index in [1.807, 2.05) is 24.5 Å². The fourth-order valence-electron chi connectivity index (χ4n) is 2.35. The summed E-state index contributed by atoms with van der Waals surface area (Å²) in [7, 11) is 0. The number of halogens is 2. The van der Waals surface area contributed by atoms with E-state index < -0.39 is 0 Å². The second kappa shape index (κ2) is 5.48. The maximum Gasteiger partial charge on any atom is 0.214 e. The number of para-hydroxylation sites is 1. The molecule has 21 heavy (non-hydrogen) atoms. The molecule has 0 aliphatic carbocycles. The van der Waals surface area contributed by atoms with Crippen LogP contribution in [0.4, 0.5) is 4.39 Å². The number of alkyl halides is 1. The average Bonchev–Trinajstić information content (AvgIpc) is 2.94. The van der Waals surface area contributed by atoms with Crippen LogP contribution in [0.2, 0.25) is 0 Å². The summed E-state index contributed by atoms with van der Waals surface area (Å²) in [6.45, 7) is 4.19. The summed E-state index contributed by atoms with van der Waals surface area (Å²) in [4.78, 5) is 8.73. The van der Waals surface area contributed by atoms with Crippen LogP contribution in [-0.2, 0) is 13.0 Å². The molecule has 0 saturated heterocycles. The summed E-state index contributed by atoms with van der Waals surface area (Å²) >= 11 is 5.82. The van der Waals surface area contributed by atoms with Gasteiger partial charge in [0.15, 0.2) is 5.82 Å².